The van der Waals surface area contributed by atoms with Crippen molar-refractivity contribution in [2.24, 2.45) is 11.7 Å². The maximum absolute atomic E-state index is 12.5. The van der Waals surface area contributed by atoms with Crippen LogP contribution < -0.4 is 15.8 Å². The van der Waals surface area contributed by atoms with Gasteiger partial charge in [0.15, 0.2) is 0 Å². The monoisotopic (exact) mass is 358 g/mol. The lowest BCUT2D eigenvalue weighted by Gasteiger charge is -2.32. The average molecular weight is 358 g/mol. The van der Waals surface area contributed by atoms with E-state index in [1.54, 1.807) is 7.11 Å². The van der Waals surface area contributed by atoms with Crippen molar-refractivity contribution in [1.29, 1.82) is 0 Å². The fraction of sp³-hybridized carbons (Fsp3) is 0.500. The van der Waals surface area contributed by atoms with Gasteiger partial charge in [-0.3, -0.25) is 4.68 Å². The molecule has 3 rings (SSSR count). The van der Waals surface area contributed by atoms with Gasteiger partial charge in [-0.05, 0) is 36.5 Å². The van der Waals surface area contributed by atoms with Crippen molar-refractivity contribution in [3.8, 4) is 5.75 Å². The first kappa shape index (κ1) is 18.2. The van der Waals surface area contributed by atoms with E-state index in [9.17, 15) is 4.79 Å². The van der Waals surface area contributed by atoms with Crippen LogP contribution in [0.3, 0.4) is 0 Å². The van der Waals surface area contributed by atoms with Gasteiger partial charge in [0.05, 0.1) is 12.8 Å². The molecule has 1 fully saturated rings. The lowest BCUT2D eigenvalue weighted by Crippen LogP contribution is -2.46. The summed E-state index contributed by atoms with van der Waals surface area (Å²) in [6.45, 7) is 3.14. The van der Waals surface area contributed by atoms with Gasteiger partial charge in [0.2, 0.25) is 0 Å². The Morgan fingerprint density at radius 3 is 3.12 bits per heavy atom. The number of hydrogen-bond donors (Lipinski definition) is 2. The van der Waals surface area contributed by atoms with Crippen LogP contribution in [-0.4, -0.2) is 46.1 Å². The highest BCUT2D eigenvalue weighted by molar-refractivity contribution is 5.74. The van der Waals surface area contributed by atoms with E-state index in [2.05, 4.69) is 15.6 Å². The van der Waals surface area contributed by atoms with Gasteiger partial charge in [-0.1, -0.05) is 17.3 Å². The van der Waals surface area contributed by atoms with Crippen LogP contribution in [0, 0.1) is 5.92 Å². The minimum atomic E-state index is -0.0289. The van der Waals surface area contributed by atoms with Gasteiger partial charge in [-0.25, -0.2) is 4.79 Å². The van der Waals surface area contributed by atoms with E-state index in [0.29, 0.717) is 19.0 Å². The zero-order valence-electron chi connectivity index (χ0n) is 15.1. The summed E-state index contributed by atoms with van der Waals surface area (Å²) in [6, 6.07) is 7.69. The van der Waals surface area contributed by atoms with E-state index >= 15 is 0 Å². The Morgan fingerprint density at radius 1 is 1.46 bits per heavy atom. The zero-order valence-corrected chi connectivity index (χ0v) is 15.1. The van der Waals surface area contributed by atoms with E-state index in [1.165, 1.54) is 0 Å². The summed E-state index contributed by atoms with van der Waals surface area (Å²) in [6.07, 6.45) is 3.95. The molecule has 1 saturated heterocycles. The molecule has 8 heteroatoms. The first-order valence-corrected chi connectivity index (χ1v) is 8.92. The number of nitrogens with zero attached hydrogens (tertiary/aromatic N) is 4. The molecule has 0 bridgehead atoms. The molecule has 0 radical (unpaired) electrons. The van der Waals surface area contributed by atoms with Gasteiger partial charge in [-0.15, -0.1) is 5.10 Å². The summed E-state index contributed by atoms with van der Waals surface area (Å²) in [4.78, 5) is 14.4. The highest BCUT2D eigenvalue weighted by atomic mass is 16.5. The number of rotatable bonds is 6. The molecule has 140 valence electrons. The highest BCUT2D eigenvalue weighted by Gasteiger charge is 2.24. The number of likely N-dealkylation sites (tertiary alicyclic amines) is 1. The van der Waals surface area contributed by atoms with Crippen LogP contribution in [0.4, 0.5) is 4.79 Å². The number of nitrogens with one attached hydrogen (secondary N) is 1. The second-order valence-electron chi connectivity index (χ2n) is 6.60. The van der Waals surface area contributed by atoms with Gasteiger partial charge >= 0.3 is 6.03 Å². The second kappa shape index (κ2) is 8.66. The van der Waals surface area contributed by atoms with Crippen molar-refractivity contribution in [2.75, 3.05) is 20.2 Å². The maximum atomic E-state index is 12.5. The number of nitrogens with two attached hydrogens (primary N) is 1. The van der Waals surface area contributed by atoms with E-state index in [0.717, 1.165) is 49.5 Å². The molecule has 1 aliphatic rings. The summed E-state index contributed by atoms with van der Waals surface area (Å²) in [5, 5.41) is 11.1. The van der Waals surface area contributed by atoms with Crippen LogP contribution in [0.15, 0.2) is 30.5 Å². The van der Waals surface area contributed by atoms with Crippen molar-refractivity contribution in [1.82, 2.24) is 25.2 Å². The minimum absolute atomic E-state index is 0.0289. The number of amides is 2. The van der Waals surface area contributed by atoms with Crippen LogP contribution in [0.5, 0.6) is 5.75 Å². The van der Waals surface area contributed by atoms with Gasteiger partial charge in [-0.2, -0.15) is 0 Å². The Labute approximate surface area is 153 Å². The predicted molar refractivity (Wildman–Crippen MR) is 97.4 cm³/mol. The van der Waals surface area contributed by atoms with Gasteiger partial charge in [0.1, 0.15) is 5.75 Å². The molecule has 8 nitrogen and oxygen atoms in total. The molecule has 1 aliphatic heterocycles. The third-order valence-corrected chi connectivity index (χ3v) is 4.62. The Bertz CT molecular complexity index is 732. The molecule has 0 aliphatic carbocycles. The van der Waals surface area contributed by atoms with Crippen LogP contribution in [-0.2, 0) is 19.6 Å². The average Bonchev–Trinajstić information content (AvgIpc) is 3.14. The lowest BCUT2D eigenvalue weighted by atomic mass is 9.98. The number of carbonyl (C=O) groups excluding carboxylic acids is 1. The number of benzene rings is 1. The van der Waals surface area contributed by atoms with Crippen LogP contribution in [0.2, 0.25) is 0 Å². The third-order valence-electron chi connectivity index (χ3n) is 4.62. The maximum Gasteiger partial charge on any atom is 0.317 e. The molecule has 26 heavy (non-hydrogen) atoms. The van der Waals surface area contributed by atoms with Crippen molar-refractivity contribution in [3.05, 3.63) is 41.7 Å². The number of methoxy groups -OCH3 is 1. The normalized spacial score (nSPS) is 17.2. The number of ether oxygens (including phenoxy) is 1. The molecule has 2 heterocycles. The minimum Gasteiger partial charge on any atom is -0.497 e. The second-order valence-corrected chi connectivity index (χ2v) is 6.60. The number of carbonyl (C=O) groups is 1. The summed E-state index contributed by atoms with van der Waals surface area (Å²) in [7, 11) is 1.64. The molecule has 0 spiro atoms. The summed E-state index contributed by atoms with van der Waals surface area (Å²) < 4.78 is 7.04. The van der Waals surface area contributed by atoms with Gasteiger partial charge in [0.25, 0.3) is 0 Å². The number of urea groups is 1. The number of aromatic nitrogens is 3. The van der Waals surface area contributed by atoms with Gasteiger partial charge in [0, 0.05) is 38.9 Å². The fourth-order valence-corrected chi connectivity index (χ4v) is 3.26. The van der Waals surface area contributed by atoms with Crippen LogP contribution in [0.25, 0.3) is 0 Å². The number of hydrogen-bond acceptors (Lipinski definition) is 5. The molecule has 1 aromatic carbocycles. The van der Waals surface area contributed by atoms with Crippen LogP contribution >= 0.6 is 0 Å². The molecular weight excluding hydrogens is 332 g/mol. The molecule has 2 amide bonds. The first-order valence-electron chi connectivity index (χ1n) is 8.92. The summed E-state index contributed by atoms with van der Waals surface area (Å²) in [5.74, 6) is 1.16. The fourth-order valence-electron chi connectivity index (χ4n) is 3.26. The van der Waals surface area contributed by atoms with Crippen molar-refractivity contribution in [2.45, 2.75) is 32.5 Å². The number of piperidine rings is 1. The van der Waals surface area contributed by atoms with Gasteiger partial charge < -0.3 is 20.7 Å². The molecular formula is C18H26N6O2. The smallest absolute Gasteiger partial charge is 0.317 e. The van der Waals surface area contributed by atoms with E-state index < -0.39 is 0 Å². The lowest BCUT2D eigenvalue weighted by molar-refractivity contribution is 0.157. The zero-order chi connectivity index (χ0) is 18.4. The summed E-state index contributed by atoms with van der Waals surface area (Å²) >= 11 is 0. The largest absolute Gasteiger partial charge is 0.497 e. The quantitative estimate of drug-likeness (QED) is 0.813. The molecule has 1 aromatic heterocycles. The molecule has 1 atom stereocenters. The molecule has 2 aromatic rings. The Hall–Kier alpha value is -2.61. The third kappa shape index (κ3) is 4.72. The Kier molecular flexibility index (Phi) is 6.06. The van der Waals surface area contributed by atoms with Crippen LogP contribution in [0.1, 0.15) is 24.1 Å². The van der Waals surface area contributed by atoms with Crippen molar-refractivity contribution in [3.63, 3.8) is 0 Å². The van der Waals surface area contributed by atoms with E-state index in [-0.39, 0.29) is 6.03 Å². The first-order chi connectivity index (χ1) is 12.7. The summed E-state index contributed by atoms with van der Waals surface area (Å²) in [5.41, 5.74) is 7.38. The topological polar surface area (TPSA) is 98.3 Å². The van der Waals surface area contributed by atoms with E-state index in [4.69, 9.17) is 10.5 Å². The van der Waals surface area contributed by atoms with E-state index in [1.807, 2.05) is 40.0 Å². The highest BCUT2D eigenvalue weighted by Crippen LogP contribution is 2.18. The Balaban J connectivity index is 1.50. The van der Waals surface area contributed by atoms with Crippen molar-refractivity contribution >= 4 is 6.03 Å². The van der Waals surface area contributed by atoms with Crippen molar-refractivity contribution < 1.29 is 9.53 Å². The molecule has 0 saturated carbocycles. The molecule has 3 N–H and O–H groups in total. The SMILES string of the molecule is COc1cccc(CNC(=O)N2CCC[C@@H](Cn3cc(CN)nn3)C2)c1. The molecule has 0 unspecified atom stereocenters. The Morgan fingerprint density at radius 2 is 2.35 bits per heavy atom. The predicted octanol–water partition coefficient (Wildman–Crippen LogP) is 1.37. The standard InChI is InChI=1S/C18H26N6O2/c1-26-17-6-2-4-14(8-17)10-20-18(25)23-7-3-5-15(11-23)12-24-13-16(9-19)21-22-24/h2,4,6,8,13,15H,3,5,7,9-12,19H2,1H3,(H,20,25)/t15-/m1/s1.